The van der Waals surface area contributed by atoms with Gasteiger partial charge in [-0.15, -0.1) is 0 Å². The molecule has 160 valence electrons. The molecule has 0 unspecified atom stereocenters. The lowest BCUT2D eigenvalue weighted by molar-refractivity contribution is 0.0526. The lowest BCUT2D eigenvalue weighted by Crippen LogP contribution is -2.38. The van der Waals surface area contributed by atoms with Gasteiger partial charge in [0, 0.05) is 17.8 Å². The third kappa shape index (κ3) is 4.64. The Bertz CT molecular complexity index is 1080. The molecule has 1 aliphatic heterocycles. The molecule has 2 aromatic rings. The normalized spacial score (nSPS) is 15.5. The second-order valence-electron chi connectivity index (χ2n) is 7.30. The van der Waals surface area contributed by atoms with Crippen molar-refractivity contribution in [2.24, 2.45) is 0 Å². The number of benzene rings is 2. The third-order valence-electron chi connectivity index (χ3n) is 5.08. The highest BCUT2D eigenvalue weighted by molar-refractivity contribution is 7.92. The first-order valence-electron chi connectivity index (χ1n) is 9.93. The van der Waals surface area contributed by atoms with Gasteiger partial charge < -0.3 is 10.1 Å². The van der Waals surface area contributed by atoms with E-state index in [1.807, 2.05) is 6.92 Å². The molecule has 0 atom stereocenters. The van der Waals surface area contributed by atoms with Crippen molar-refractivity contribution in [3.05, 3.63) is 58.7 Å². The lowest BCUT2D eigenvalue weighted by Gasteiger charge is -2.29. The van der Waals surface area contributed by atoms with Gasteiger partial charge in [0.1, 0.15) is 0 Å². The Kier molecular flexibility index (Phi) is 6.45. The van der Waals surface area contributed by atoms with E-state index in [1.54, 1.807) is 50.2 Å². The summed E-state index contributed by atoms with van der Waals surface area (Å²) in [6.45, 7) is 6.07. The standard InChI is InChI=1S/C22H26N2O5S/c1-4-29-22(26)18-9-10-19(16(3)13-18)23-21(25)17-8-7-15(2)20(14-17)24-11-5-6-12-30(24,27)28/h7-10,13-14H,4-6,11-12H2,1-3H3,(H,23,25). The van der Waals surface area contributed by atoms with E-state index in [2.05, 4.69) is 5.32 Å². The molecule has 1 saturated heterocycles. The van der Waals surface area contributed by atoms with Gasteiger partial charge in [0.15, 0.2) is 0 Å². The molecule has 0 spiro atoms. The molecule has 3 rings (SSSR count). The maximum Gasteiger partial charge on any atom is 0.338 e. The van der Waals surface area contributed by atoms with Crippen molar-refractivity contribution >= 4 is 33.3 Å². The maximum absolute atomic E-state index is 12.8. The van der Waals surface area contributed by atoms with Gasteiger partial charge in [-0.25, -0.2) is 13.2 Å². The minimum atomic E-state index is -3.37. The molecular weight excluding hydrogens is 404 g/mol. The van der Waals surface area contributed by atoms with Crippen LogP contribution in [-0.4, -0.2) is 39.2 Å². The van der Waals surface area contributed by atoms with E-state index in [1.165, 1.54) is 4.31 Å². The van der Waals surface area contributed by atoms with Gasteiger partial charge in [-0.05, 0) is 75.1 Å². The molecule has 0 radical (unpaired) electrons. The first-order valence-corrected chi connectivity index (χ1v) is 11.5. The second kappa shape index (κ2) is 8.87. The summed E-state index contributed by atoms with van der Waals surface area (Å²) in [5.41, 5.74) is 3.41. The van der Waals surface area contributed by atoms with Crippen LogP contribution < -0.4 is 9.62 Å². The highest BCUT2D eigenvalue weighted by atomic mass is 32.2. The van der Waals surface area contributed by atoms with Crippen molar-refractivity contribution < 1.29 is 22.7 Å². The number of anilines is 2. The smallest absolute Gasteiger partial charge is 0.338 e. The van der Waals surface area contributed by atoms with Crippen molar-refractivity contribution in [2.75, 3.05) is 28.5 Å². The maximum atomic E-state index is 12.8. The summed E-state index contributed by atoms with van der Waals surface area (Å²) in [7, 11) is -3.37. The fourth-order valence-corrected chi connectivity index (χ4v) is 5.11. The van der Waals surface area contributed by atoms with E-state index in [9.17, 15) is 18.0 Å². The fraction of sp³-hybridized carbons (Fsp3) is 0.364. The molecule has 1 aliphatic rings. The van der Waals surface area contributed by atoms with Crippen molar-refractivity contribution in [2.45, 2.75) is 33.6 Å². The van der Waals surface area contributed by atoms with Gasteiger partial charge in [0.2, 0.25) is 10.0 Å². The number of hydrogen-bond acceptors (Lipinski definition) is 5. The largest absolute Gasteiger partial charge is 0.462 e. The van der Waals surface area contributed by atoms with E-state index in [-0.39, 0.29) is 11.7 Å². The molecule has 7 nitrogen and oxygen atoms in total. The van der Waals surface area contributed by atoms with E-state index >= 15 is 0 Å². The molecule has 2 aromatic carbocycles. The van der Waals surface area contributed by atoms with Crippen LogP contribution in [0.1, 0.15) is 51.6 Å². The van der Waals surface area contributed by atoms with Crippen molar-refractivity contribution in [1.29, 1.82) is 0 Å². The van der Waals surface area contributed by atoms with E-state index in [0.29, 0.717) is 42.1 Å². The Morgan fingerprint density at radius 2 is 1.77 bits per heavy atom. The Labute approximate surface area is 177 Å². The van der Waals surface area contributed by atoms with Crippen LogP contribution in [0.4, 0.5) is 11.4 Å². The van der Waals surface area contributed by atoms with Gasteiger partial charge in [0.05, 0.1) is 23.6 Å². The highest BCUT2D eigenvalue weighted by Crippen LogP contribution is 2.28. The molecule has 0 aromatic heterocycles. The molecular formula is C22H26N2O5S. The molecule has 1 heterocycles. The molecule has 0 aliphatic carbocycles. The molecule has 1 N–H and O–H groups in total. The zero-order valence-electron chi connectivity index (χ0n) is 17.4. The quantitative estimate of drug-likeness (QED) is 0.731. The van der Waals surface area contributed by atoms with Crippen molar-refractivity contribution in [1.82, 2.24) is 0 Å². The van der Waals surface area contributed by atoms with Crippen LogP contribution in [-0.2, 0) is 14.8 Å². The Balaban J connectivity index is 1.83. The fourth-order valence-electron chi connectivity index (χ4n) is 3.42. The summed E-state index contributed by atoms with van der Waals surface area (Å²) < 4.78 is 31.3. The van der Waals surface area contributed by atoms with E-state index < -0.39 is 16.0 Å². The number of nitrogens with zero attached hydrogens (tertiary/aromatic N) is 1. The number of hydrogen-bond donors (Lipinski definition) is 1. The van der Waals surface area contributed by atoms with Crippen LogP contribution >= 0.6 is 0 Å². The topological polar surface area (TPSA) is 92.8 Å². The molecule has 1 amide bonds. The molecule has 0 bridgehead atoms. The van der Waals surface area contributed by atoms with Gasteiger partial charge in [0.25, 0.3) is 5.91 Å². The number of esters is 1. The molecule has 0 saturated carbocycles. The predicted molar refractivity (Wildman–Crippen MR) is 117 cm³/mol. The van der Waals surface area contributed by atoms with Gasteiger partial charge >= 0.3 is 5.97 Å². The van der Waals surface area contributed by atoms with Gasteiger partial charge in [-0.3, -0.25) is 9.10 Å². The highest BCUT2D eigenvalue weighted by Gasteiger charge is 2.27. The van der Waals surface area contributed by atoms with E-state index in [0.717, 1.165) is 17.5 Å². The number of nitrogens with one attached hydrogen (secondary N) is 1. The average molecular weight is 431 g/mol. The Morgan fingerprint density at radius 1 is 1.03 bits per heavy atom. The minimum Gasteiger partial charge on any atom is -0.462 e. The molecule has 8 heteroatoms. The summed E-state index contributed by atoms with van der Waals surface area (Å²) in [6, 6.07) is 9.97. The van der Waals surface area contributed by atoms with Gasteiger partial charge in [-0.1, -0.05) is 6.07 Å². The number of aryl methyl sites for hydroxylation is 2. The number of ether oxygens (including phenoxy) is 1. The number of carbonyl (C=O) groups excluding carboxylic acids is 2. The van der Waals surface area contributed by atoms with Gasteiger partial charge in [-0.2, -0.15) is 0 Å². The van der Waals surface area contributed by atoms with Crippen molar-refractivity contribution in [3.8, 4) is 0 Å². The Morgan fingerprint density at radius 3 is 2.43 bits per heavy atom. The van der Waals surface area contributed by atoms with Crippen LogP contribution in [0.5, 0.6) is 0 Å². The third-order valence-corrected chi connectivity index (χ3v) is 6.93. The summed E-state index contributed by atoms with van der Waals surface area (Å²) in [5, 5.41) is 2.84. The van der Waals surface area contributed by atoms with Crippen molar-refractivity contribution in [3.63, 3.8) is 0 Å². The number of rotatable bonds is 5. The molecule has 1 fully saturated rings. The lowest BCUT2D eigenvalue weighted by atomic mass is 10.1. The number of amides is 1. The van der Waals surface area contributed by atoms with Crippen LogP contribution in [0.3, 0.4) is 0 Å². The van der Waals surface area contributed by atoms with Crippen LogP contribution in [0.25, 0.3) is 0 Å². The Hall–Kier alpha value is -2.87. The number of sulfonamides is 1. The zero-order chi connectivity index (χ0) is 21.9. The average Bonchev–Trinajstić information content (AvgIpc) is 2.70. The van der Waals surface area contributed by atoms with Crippen LogP contribution in [0, 0.1) is 13.8 Å². The predicted octanol–water partition coefficient (Wildman–Crippen LogP) is 3.66. The van der Waals surface area contributed by atoms with Crippen LogP contribution in [0.15, 0.2) is 36.4 Å². The minimum absolute atomic E-state index is 0.120. The number of carbonyl (C=O) groups is 2. The zero-order valence-corrected chi connectivity index (χ0v) is 18.2. The summed E-state index contributed by atoms with van der Waals surface area (Å²) in [5.74, 6) is -0.642. The van der Waals surface area contributed by atoms with E-state index in [4.69, 9.17) is 4.74 Å². The first-order chi connectivity index (χ1) is 14.2. The van der Waals surface area contributed by atoms with Crippen LogP contribution in [0.2, 0.25) is 0 Å². The summed E-state index contributed by atoms with van der Waals surface area (Å²) >= 11 is 0. The first kappa shape index (κ1) is 21.8. The second-order valence-corrected chi connectivity index (χ2v) is 9.31. The summed E-state index contributed by atoms with van der Waals surface area (Å²) in [4.78, 5) is 24.7. The SMILES string of the molecule is CCOC(=O)c1ccc(NC(=O)c2ccc(C)c(N3CCCCS3(=O)=O)c2)c(C)c1. The monoisotopic (exact) mass is 430 g/mol. The summed E-state index contributed by atoms with van der Waals surface area (Å²) in [6.07, 6.45) is 1.44. The molecule has 30 heavy (non-hydrogen) atoms.